The van der Waals surface area contributed by atoms with E-state index >= 15 is 0 Å². The van der Waals surface area contributed by atoms with Crippen LogP contribution in [-0.4, -0.2) is 27.3 Å². The zero-order valence-electron chi connectivity index (χ0n) is 18.1. The molecule has 0 radical (unpaired) electrons. The summed E-state index contributed by atoms with van der Waals surface area (Å²) in [5.41, 5.74) is 2.73. The highest BCUT2D eigenvalue weighted by Gasteiger charge is 2.30. The molecule has 0 atom stereocenters. The van der Waals surface area contributed by atoms with E-state index in [1.54, 1.807) is 6.20 Å². The van der Waals surface area contributed by atoms with Crippen LogP contribution in [0.2, 0.25) is 0 Å². The Labute approximate surface area is 193 Å². The molecular formula is C23H22F3N6O2+. The summed E-state index contributed by atoms with van der Waals surface area (Å²) in [4.78, 5) is 25.0. The number of carbonyl (C=O) groups is 1. The number of nitrogens with two attached hydrogens (primary N) is 1. The molecule has 1 heterocycles. The SMILES string of the molecule is C=[N+](/C=C(/NC(=O)Nc1cccc(C(F)(F)F)c1)ON)Cc1ccc(-c2cncnc2C)cc1. The van der Waals surface area contributed by atoms with Crippen LogP contribution >= 0.6 is 0 Å². The maximum Gasteiger partial charge on any atom is 0.416 e. The first-order valence-electron chi connectivity index (χ1n) is 9.92. The number of anilines is 1. The van der Waals surface area contributed by atoms with Crippen molar-refractivity contribution in [3.05, 3.63) is 90.0 Å². The van der Waals surface area contributed by atoms with Gasteiger partial charge in [0.1, 0.15) is 13.0 Å². The van der Waals surface area contributed by atoms with E-state index in [1.807, 2.05) is 31.2 Å². The zero-order valence-corrected chi connectivity index (χ0v) is 18.1. The standard InChI is InChI=1S/C23H21F3N6O2/c1-15-20(11-28-14-29-15)17-8-6-16(7-9-17)12-32(2)13-21(34-27)31-22(33)30-19-5-3-4-18(10-19)23(24,25)26/h3-11,13-14H,2,12,27H2,1H3,(H-,30,31,33)/p+1/b21-13-. The van der Waals surface area contributed by atoms with E-state index in [1.165, 1.54) is 29.2 Å². The van der Waals surface area contributed by atoms with Crippen molar-refractivity contribution in [1.82, 2.24) is 15.3 Å². The molecule has 2 aromatic carbocycles. The lowest BCUT2D eigenvalue weighted by atomic mass is 10.0. The minimum atomic E-state index is -4.53. The van der Waals surface area contributed by atoms with Gasteiger partial charge in [0.2, 0.25) is 6.20 Å². The molecule has 11 heteroatoms. The van der Waals surface area contributed by atoms with Crippen molar-refractivity contribution in [1.29, 1.82) is 0 Å². The fourth-order valence-electron chi connectivity index (χ4n) is 3.05. The maximum atomic E-state index is 12.8. The normalized spacial score (nSPS) is 11.6. The van der Waals surface area contributed by atoms with E-state index in [4.69, 9.17) is 5.90 Å². The summed E-state index contributed by atoms with van der Waals surface area (Å²) in [6.07, 6.45) is 0.0502. The summed E-state index contributed by atoms with van der Waals surface area (Å²) in [5.74, 6) is 5.05. The van der Waals surface area contributed by atoms with E-state index < -0.39 is 17.8 Å². The van der Waals surface area contributed by atoms with Crippen molar-refractivity contribution < 1.29 is 27.4 Å². The van der Waals surface area contributed by atoms with Crippen LogP contribution in [0.3, 0.4) is 0 Å². The van der Waals surface area contributed by atoms with E-state index in [-0.39, 0.29) is 11.6 Å². The number of rotatable bonds is 7. The molecule has 4 N–H and O–H groups in total. The van der Waals surface area contributed by atoms with E-state index in [0.717, 1.165) is 34.5 Å². The van der Waals surface area contributed by atoms with Gasteiger partial charge in [-0.3, -0.25) is 5.32 Å². The minimum Gasteiger partial charge on any atom is -0.387 e. The smallest absolute Gasteiger partial charge is 0.387 e. The molecule has 176 valence electrons. The summed E-state index contributed by atoms with van der Waals surface area (Å²) in [5, 5.41) is 4.61. The van der Waals surface area contributed by atoms with Crippen molar-refractivity contribution in [2.45, 2.75) is 19.6 Å². The van der Waals surface area contributed by atoms with Gasteiger partial charge in [0.25, 0.3) is 5.88 Å². The monoisotopic (exact) mass is 471 g/mol. The lowest BCUT2D eigenvalue weighted by Gasteiger charge is -2.11. The molecule has 34 heavy (non-hydrogen) atoms. The van der Waals surface area contributed by atoms with Crippen LogP contribution in [0.4, 0.5) is 23.7 Å². The van der Waals surface area contributed by atoms with Gasteiger partial charge in [0.15, 0.2) is 6.54 Å². The predicted octanol–water partition coefficient (Wildman–Crippen LogP) is 4.19. The highest BCUT2D eigenvalue weighted by atomic mass is 19.4. The predicted molar refractivity (Wildman–Crippen MR) is 120 cm³/mol. The highest BCUT2D eigenvalue weighted by Crippen LogP contribution is 2.30. The van der Waals surface area contributed by atoms with Crippen LogP contribution in [-0.2, 0) is 17.6 Å². The van der Waals surface area contributed by atoms with Crippen LogP contribution in [0.25, 0.3) is 11.1 Å². The van der Waals surface area contributed by atoms with Crippen LogP contribution < -0.4 is 16.5 Å². The summed E-state index contributed by atoms with van der Waals surface area (Å²) >= 11 is 0. The van der Waals surface area contributed by atoms with E-state index in [9.17, 15) is 18.0 Å². The number of halogens is 3. The summed E-state index contributed by atoms with van der Waals surface area (Å²) in [7, 11) is 0. The number of nitrogens with zero attached hydrogens (tertiary/aromatic N) is 3. The summed E-state index contributed by atoms with van der Waals surface area (Å²) in [6.45, 7) is 6.11. The molecule has 1 aromatic heterocycles. The van der Waals surface area contributed by atoms with Gasteiger partial charge in [0, 0.05) is 28.7 Å². The lowest BCUT2D eigenvalue weighted by Crippen LogP contribution is -2.31. The number of alkyl halides is 3. The number of urea groups is 1. The number of aromatic nitrogens is 2. The van der Waals surface area contributed by atoms with Gasteiger partial charge in [-0.2, -0.15) is 19.1 Å². The van der Waals surface area contributed by atoms with Crippen molar-refractivity contribution >= 4 is 18.4 Å². The molecular weight excluding hydrogens is 449 g/mol. The molecule has 3 aromatic rings. The van der Waals surface area contributed by atoms with Gasteiger partial charge in [-0.05, 0) is 30.7 Å². The number of benzene rings is 2. The first kappa shape index (κ1) is 24.4. The molecule has 0 aliphatic heterocycles. The minimum absolute atomic E-state index is 0.0469. The number of hydrogen-bond donors (Lipinski definition) is 3. The number of carbonyl (C=O) groups excluding carboxylic acids is 1. The molecule has 0 saturated heterocycles. The lowest BCUT2D eigenvalue weighted by molar-refractivity contribution is -0.467. The van der Waals surface area contributed by atoms with Gasteiger partial charge in [-0.25, -0.2) is 19.3 Å². The van der Waals surface area contributed by atoms with Crippen LogP contribution in [0.1, 0.15) is 16.8 Å². The fraction of sp³-hybridized carbons (Fsp3) is 0.130. The Morgan fingerprint density at radius 3 is 2.62 bits per heavy atom. The molecule has 0 spiro atoms. The average Bonchev–Trinajstić information content (AvgIpc) is 2.79. The molecule has 2 amide bonds. The van der Waals surface area contributed by atoms with E-state index in [0.29, 0.717) is 6.54 Å². The number of hydrogen-bond acceptors (Lipinski definition) is 5. The van der Waals surface area contributed by atoms with Crippen LogP contribution in [0, 0.1) is 6.92 Å². The Morgan fingerprint density at radius 2 is 1.97 bits per heavy atom. The third-order valence-electron chi connectivity index (χ3n) is 4.67. The fourth-order valence-corrected chi connectivity index (χ4v) is 3.05. The molecule has 0 aliphatic rings. The molecule has 0 aliphatic carbocycles. The third kappa shape index (κ3) is 6.62. The first-order chi connectivity index (χ1) is 16.2. The highest BCUT2D eigenvalue weighted by molar-refractivity contribution is 5.90. The Balaban J connectivity index is 1.61. The summed E-state index contributed by atoms with van der Waals surface area (Å²) < 4.78 is 40.0. The van der Waals surface area contributed by atoms with Gasteiger partial charge in [-0.1, -0.05) is 30.3 Å². The van der Waals surface area contributed by atoms with Crippen LogP contribution in [0.15, 0.2) is 73.1 Å². The Bertz CT molecular complexity index is 1210. The Hall–Kier alpha value is -4.25. The van der Waals surface area contributed by atoms with Crippen molar-refractivity contribution in [2.75, 3.05) is 5.32 Å². The molecule has 3 rings (SSSR count). The number of amides is 2. The second kappa shape index (κ2) is 10.6. The second-order valence-corrected chi connectivity index (χ2v) is 7.23. The maximum absolute atomic E-state index is 12.8. The molecule has 8 nitrogen and oxygen atoms in total. The first-order valence-corrected chi connectivity index (χ1v) is 9.92. The van der Waals surface area contributed by atoms with Crippen molar-refractivity contribution in [2.24, 2.45) is 5.90 Å². The average molecular weight is 471 g/mol. The van der Waals surface area contributed by atoms with Gasteiger partial charge >= 0.3 is 12.2 Å². The molecule has 0 saturated carbocycles. The Morgan fingerprint density at radius 1 is 1.24 bits per heavy atom. The third-order valence-corrected chi connectivity index (χ3v) is 4.67. The van der Waals surface area contributed by atoms with Gasteiger partial charge in [0.05, 0.1) is 5.56 Å². The molecule has 0 unspecified atom stereocenters. The van der Waals surface area contributed by atoms with Gasteiger partial charge in [-0.15, -0.1) is 0 Å². The number of aryl methyl sites for hydroxylation is 1. The zero-order chi connectivity index (χ0) is 24.7. The molecule has 0 bridgehead atoms. The topological polar surface area (TPSA) is 105 Å². The van der Waals surface area contributed by atoms with Crippen LogP contribution in [0.5, 0.6) is 0 Å². The van der Waals surface area contributed by atoms with E-state index in [2.05, 4.69) is 32.2 Å². The number of nitrogens with one attached hydrogen (secondary N) is 2. The Kier molecular flexibility index (Phi) is 7.59. The summed E-state index contributed by atoms with van der Waals surface area (Å²) in [6, 6.07) is 11.1. The quantitative estimate of drug-likeness (QED) is 0.207. The van der Waals surface area contributed by atoms with Crippen molar-refractivity contribution in [3.8, 4) is 11.1 Å². The van der Waals surface area contributed by atoms with Crippen molar-refractivity contribution in [3.63, 3.8) is 0 Å². The van der Waals surface area contributed by atoms with Gasteiger partial charge < -0.3 is 10.2 Å². The molecule has 0 fully saturated rings. The largest absolute Gasteiger partial charge is 0.416 e. The second-order valence-electron chi connectivity index (χ2n) is 7.23.